The molecule has 1 aromatic carbocycles. The molecule has 0 amide bonds. The molecule has 0 saturated carbocycles. The number of nitriles is 1. The van der Waals surface area contributed by atoms with Crippen molar-refractivity contribution in [1.29, 1.82) is 5.26 Å². The predicted molar refractivity (Wildman–Crippen MR) is 70.1 cm³/mol. The van der Waals surface area contributed by atoms with Gasteiger partial charge in [0.05, 0.1) is 30.4 Å². The molecule has 1 unspecified atom stereocenters. The van der Waals surface area contributed by atoms with Gasteiger partial charge in [0.25, 0.3) is 0 Å². The quantitative estimate of drug-likeness (QED) is 0.892. The number of hydrogen-bond acceptors (Lipinski definition) is 4. The summed E-state index contributed by atoms with van der Waals surface area (Å²) in [6, 6.07) is 7.90. The van der Waals surface area contributed by atoms with E-state index >= 15 is 0 Å². The van der Waals surface area contributed by atoms with Crippen molar-refractivity contribution in [2.75, 3.05) is 24.6 Å². The zero-order valence-corrected chi connectivity index (χ0v) is 10.8. The molecule has 5 nitrogen and oxygen atoms in total. The van der Waals surface area contributed by atoms with Crippen LogP contribution in [0.2, 0.25) is 0 Å². The van der Waals surface area contributed by atoms with E-state index in [0.29, 0.717) is 25.3 Å². The minimum Gasteiger partial charge on any atom is -0.481 e. The molecule has 1 aliphatic heterocycles. The molecule has 1 aromatic rings. The first kappa shape index (κ1) is 13.4. The Balaban J connectivity index is 2.17. The van der Waals surface area contributed by atoms with Crippen LogP contribution in [0.15, 0.2) is 18.2 Å². The second-order valence-electron chi connectivity index (χ2n) is 4.67. The van der Waals surface area contributed by atoms with Crippen molar-refractivity contribution >= 4 is 11.7 Å². The van der Waals surface area contributed by atoms with Gasteiger partial charge in [-0.05, 0) is 24.6 Å². The molecule has 19 heavy (non-hydrogen) atoms. The lowest BCUT2D eigenvalue weighted by atomic mass is 10.1. The zero-order valence-electron chi connectivity index (χ0n) is 10.8. The van der Waals surface area contributed by atoms with E-state index < -0.39 is 5.97 Å². The normalized spacial score (nSPS) is 18.9. The summed E-state index contributed by atoms with van der Waals surface area (Å²) in [6.07, 6.45) is -0.330. The topological polar surface area (TPSA) is 73.6 Å². The first-order valence-corrected chi connectivity index (χ1v) is 6.19. The summed E-state index contributed by atoms with van der Waals surface area (Å²) >= 11 is 0. The van der Waals surface area contributed by atoms with Gasteiger partial charge in [-0.25, -0.2) is 0 Å². The Labute approximate surface area is 112 Å². The van der Waals surface area contributed by atoms with E-state index in [4.69, 9.17) is 9.84 Å². The molecule has 0 aliphatic carbocycles. The lowest BCUT2D eigenvalue weighted by molar-refractivity contribution is -0.140. The fraction of sp³-hybridized carbons (Fsp3) is 0.429. The summed E-state index contributed by atoms with van der Waals surface area (Å²) in [4.78, 5) is 12.8. The van der Waals surface area contributed by atoms with Gasteiger partial charge < -0.3 is 14.7 Å². The number of ether oxygens (including phenoxy) is 1. The van der Waals surface area contributed by atoms with Crippen LogP contribution in [0.5, 0.6) is 0 Å². The Hall–Kier alpha value is -2.06. The summed E-state index contributed by atoms with van der Waals surface area (Å²) in [5.74, 6) is -0.865. The number of benzene rings is 1. The van der Waals surface area contributed by atoms with Crippen LogP contribution in [0, 0.1) is 18.3 Å². The maximum atomic E-state index is 10.7. The van der Waals surface area contributed by atoms with E-state index in [2.05, 4.69) is 6.07 Å². The average molecular weight is 260 g/mol. The maximum absolute atomic E-state index is 10.7. The van der Waals surface area contributed by atoms with Gasteiger partial charge in [0, 0.05) is 13.1 Å². The van der Waals surface area contributed by atoms with Crippen molar-refractivity contribution in [3.63, 3.8) is 0 Å². The SMILES string of the molecule is Cc1ccc(N2CCOC(CC(=O)O)C2)c(C#N)c1. The molecule has 1 atom stereocenters. The van der Waals surface area contributed by atoms with Crippen molar-refractivity contribution in [3.8, 4) is 6.07 Å². The Bertz CT molecular complexity index is 522. The standard InChI is InChI=1S/C14H16N2O3/c1-10-2-3-13(11(6-10)8-15)16-4-5-19-12(9-16)7-14(17)18/h2-3,6,12H,4-5,7,9H2,1H3,(H,17,18). The number of carboxylic acid groups (broad SMARTS) is 1. The number of morpholine rings is 1. The smallest absolute Gasteiger partial charge is 0.306 e. The highest BCUT2D eigenvalue weighted by atomic mass is 16.5. The average Bonchev–Trinajstić information content (AvgIpc) is 2.38. The van der Waals surface area contributed by atoms with Crippen LogP contribution in [0.1, 0.15) is 17.5 Å². The molecule has 1 fully saturated rings. The molecule has 1 heterocycles. The van der Waals surface area contributed by atoms with Crippen LogP contribution in [0.4, 0.5) is 5.69 Å². The van der Waals surface area contributed by atoms with Crippen LogP contribution in [-0.2, 0) is 9.53 Å². The lowest BCUT2D eigenvalue weighted by Crippen LogP contribution is -2.43. The van der Waals surface area contributed by atoms with Crippen LogP contribution >= 0.6 is 0 Å². The van der Waals surface area contributed by atoms with E-state index in [1.54, 1.807) is 0 Å². The van der Waals surface area contributed by atoms with Crippen LogP contribution in [-0.4, -0.2) is 36.9 Å². The highest BCUT2D eigenvalue weighted by Crippen LogP contribution is 2.24. The van der Waals surface area contributed by atoms with Crippen LogP contribution in [0.25, 0.3) is 0 Å². The summed E-state index contributed by atoms with van der Waals surface area (Å²) < 4.78 is 5.43. The molecule has 1 N–H and O–H groups in total. The monoisotopic (exact) mass is 260 g/mol. The van der Waals surface area contributed by atoms with E-state index in [-0.39, 0.29) is 12.5 Å². The summed E-state index contributed by atoms with van der Waals surface area (Å²) in [5.41, 5.74) is 2.51. The number of aliphatic carboxylic acids is 1. The second-order valence-corrected chi connectivity index (χ2v) is 4.67. The molecular formula is C14H16N2O3. The van der Waals surface area contributed by atoms with Gasteiger partial charge in [0.15, 0.2) is 0 Å². The molecule has 100 valence electrons. The largest absolute Gasteiger partial charge is 0.481 e. The molecule has 0 bridgehead atoms. The van der Waals surface area contributed by atoms with Gasteiger partial charge in [-0.3, -0.25) is 4.79 Å². The third-order valence-electron chi connectivity index (χ3n) is 3.15. The molecule has 0 radical (unpaired) electrons. The van der Waals surface area contributed by atoms with Crippen LogP contribution in [0.3, 0.4) is 0 Å². The fourth-order valence-electron chi connectivity index (χ4n) is 2.27. The van der Waals surface area contributed by atoms with Crippen molar-refractivity contribution in [2.24, 2.45) is 0 Å². The number of anilines is 1. The third kappa shape index (κ3) is 3.24. The molecule has 1 aliphatic rings. The van der Waals surface area contributed by atoms with Gasteiger partial charge in [-0.2, -0.15) is 5.26 Å². The number of aryl methyl sites for hydroxylation is 1. The van der Waals surface area contributed by atoms with Crippen molar-refractivity contribution < 1.29 is 14.6 Å². The van der Waals surface area contributed by atoms with Gasteiger partial charge in [0.2, 0.25) is 0 Å². The number of hydrogen-bond donors (Lipinski definition) is 1. The summed E-state index contributed by atoms with van der Waals surface area (Å²) in [5, 5.41) is 18.0. The number of carbonyl (C=O) groups is 1. The minimum atomic E-state index is -0.865. The van der Waals surface area contributed by atoms with E-state index in [9.17, 15) is 10.1 Å². The van der Waals surface area contributed by atoms with E-state index in [1.165, 1.54) is 0 Å². The van der Waals surface area contributed by atoms with Crippen molar-refractivity contribution in [2.45, 2.75) is 19.4 Å². The van der Waals surface area contributed by atoms with Crippen LogP contribution < -0.4 is 4.90 Å². The van der Waals surface area contributed by atoms with Gasteiger partial charge in [-0.1, -0.05) is 6.07 Å². The molecule has 0 spiro atoms. The lowest BCUT2D eigenvalue weighted by Gasteiger charge is -2.34. The highest BCUT2D eigenvalue weighted by molar-refractivity contribution is 5.68. The maximum Gasteiger partial charge on any atom is 0.306 e. The zero-order chi connectivity index (χ0) is 13.8. The first-order valence-electron chi connectivity index (χ1n) is 6.19. The Kier molecular flexibility index (Phi) is 4.03. The first-order chi connectivity index (χ1) is 9.10. The van der Waals surface area contributed by atoms with E-state index in [1.807, 2.05) is 30.0 Å². The predicted octanol–water partition coefficient (Wildman–Crippen LogP) is 1.55. The number of nitrogens with zero attached hydrogens (tertiary/aromatic N) is 2. The second kappa shape index (κ2) is 5.72. The van der Waals surface area contributed by atoms with Crippen molar-refractivity contribution in [1.82, 2.24) is 0 Å². The third-order valence-corrected chi connectivity index (χ3v) is 3.15. The molecular weight excluding hydrogens is 244 g/mol. The Morgan fingerprint density at radius 1 is 1.63 bits per heavy atom. The number of rotatable bonds is 3. The number of carboxylic acids is 1. The summed E-state index contributed by atoms with van der Waals surface area (Å²) in [7, 11) is 0. The Morgan fingerprint density at radius 3 is 3.11 bits per heavy atom. The summed E-state index contributed by atoms with van der Waals surface area (Å²) in [6.45, 7) is 3.60. The fourth-order valence-corrected chi connectivity index (χ4v) is 2.27. The Morgan fingerprint density at radius 2 is 2.42 bits per heavy atom. The molecule has 2 rings (SSSR count). The highest BCUT2D eigenvalue weighted by Gasteiger charge is 2.24. The van der Waals surface area contributed by atoms with Crippen molar-refractivity contribution in [3.05, 3.63) is 29.3 Å². The minimum absolute atomic E-state index is 0.00967. The molecule has 5 heteroatoms. The van der Waals surface area contributed by atoms with Gasteiger partial charge in [-0.15, -0.1) is 0 Å². The van der Waals surface area contributed by atoms with Gasteiger partial charge >= 0.3 is 5.97 Å². The van der Waals surface area contributed by atoms with Gasteiger partial charge in [0.1, 0.15) is 6.07 Å². The van der Waals surface area contributed by atoms with E-state index in [0.717, 1.165) is 11.3 Å². The molecule has 0 aromatic heterocycles. The molecule has 1 saturated heterocycles.